The zero-order valence-electron chi connectivity index (χ0n) is 7.86. The SMILES string of the molecule is C=CCOc1ccccc1C=CC. The van der Waals surface area contributed by atoms with Gasteiger partial charge in [-0.15, -0.1) is 0 Å². The third-order valence-corrected chi connectivity index (χ3v) is 1.62. The van der Waals surface area contributed by atoms with Gasteiger partial charge in [-0.1, -0.05) is 43.0 Å². The van der Waals surface area contributed by atoms with Crippen LogP contribution in [0.15, 0.2) is 43.0 Å². The number of benzene rings is 1. The van der Waals surface area contributed by atoms with Crippen LogP contribution >= 0.6 is 0 Å². The van der Waals surface area contributed by atoms with E-state index in [1.54, 1.807) is 6.08 Å². The largest absolute Gasteiger partial charge is 0.489 e. The smallest absolute Gasteiger partial charge is 0.126 e. The molecule has 0 aliphatic rings. The maximum Gasteiger partial charge on any atom is 0.126 e. The molecule has 0 aromatic heterocycles. The van der Waals surface area contributed by atoms with Crippen molar-refractivity contribution in [1.82, 2.24) is 0 Å². The van der Waals surface area contributed by atoms with Gasteiger partial charge >= 0.3 is 0 Å². The van der Waals surface area contributed by atoms with Crippen molar-refractivity contribution >= 4 is 6.08 Å². The van der Waals surface area contributed by atoms with E-state index in [-0.39, 0.29) is 0 Å². The minimum atomic E-state index is 0.550. The van der Waals surface area contributed by atoms with Crippen LogP contribution in [-0.4, -0.2) is 6.61 Å². The number of hydrogen-bond donors (Lipinski definition) is 0. The van der Waals surface area contributed by atoms with Crippen molar-refractivity contribution < 1.29 is 4.74 Å². The average Bonchev–Trinajstić information content (AvgIpc) is 2.17. The Hall–Kier alpha value is -1.50. The quantitative estimate of drug-likeness (QED) is 0.636. The Morgan fingerprint density at radius 1 is 1.38 bits per heavy atom. The normalized spacial score (nSPS) is 10.2. The lowest BCUT2D eigenvalue weighted by Gasteiger charge is -2.05. The van der Waals surface area contributed by atoms with Gasteiger partial charge in [0.1, 0.15) is 12.4 Å². The summed E-state index contributed by atoms with van der Waals surface area (Å²) in [5.74, 6) is 0.903. The van der Waals surface area contributed by atoms with Crippen molar-refractivity contribution in [3.8, 4) is 5.75 Å². The highest BCUT2D eigenvalue weighted by molar-refractivity contribution is 5.56. The second-order valence-corrected chi connectivity index (χ2v) is 2.64. The van der Waals surface area contributed by atoms with E-state index in [1.807, 2.05) is 43.3 Å². The summed E-state index contributed by atoms with van der Waals surface area (Å²) in [6.07, 6.45) is 5.76. The first kappa shape index (κ1) is 9.59. The van der Waals surface area contributed by atoms with Crippen LogP contribution in [-0.2, 0) is 0 Å². The second kappa shape index (κ2) is 5.20. The van der Waals surface area contributed by atoms with Gasteiger partial charge in [0.05, 0.1) is 0 Å². The Balaban J connectivity index is 2.83. The number of hydrogen-bond acceptors (Lipinski definition) is 1. The monoisotopic (exact) mass is 174 g/mol. The molecular weight excluding hydrogens is 160 g/mol. The first-order valence-electron chi connectivity index (χ1n) is 4.34. The summed E-state index contributed by atoms with van der Waals surface area (Å²) in [6, 6.07) is 7.94. The van der Waals surface area contributed by atoms with E-state index in [2.05, 4.69) is 6.58 Å². The molecule has 0 aliphatic carbocycles. The molecule has 0 spiro atoms. The van der Waals surface area contributed by atoms with Gasteiger partial charge in [-0.2, -0.15) is 0 Å². The Bertz CT molecular complexity index is 300. The zero-order chi connectivity index (χ0) is 9.52. The number of allylic oxidation sites excluding steroid dienone is 1. The van der Waals surface area contributed by atoms with Gasteiger partial charge < -0.3 is 4.74 Å². The van der Waals surface area contributed by atoms with Crippen LogP contribution in [0, 0.1) is 0 Å². The first-order valence-corrected chi connectivity index (χ1v) is 4.34. The fourth-order valence-electron chi connectivity index (χ4n) is 1.08. The molecular formula is C12H14O. The van der Waals surface area contributed by atoms with E-state index < -0.39 is 0 Å². The van der Waals surface area contributed by atoms with Gasteiger partial charge in [-0.25, -0.2) is 0 Å². The third-order valence-electron chi connectivity index (χ3n) is 1.62. The van der Waals surface area contributed by atoms with Crippen LogP contribution < -0.4 is 4.74 Å². The van der Waals surface area contributed by atoms with Crippen molar-refractivity contribution in [2.45, 2.75) is 6.92 Å². The molecule has 0 atom stereocenters. The average molecular weight is 174 g/mol. The van der Waals surface area contributed by atoms with Gasteiger partial charge in [0.2, 0.25) is 0 Å². The van der Waals surface area contributed by atoms with E-state index in [9.17, 15) is 0 Å². The maximum absolute atomic E-state index is 5.47. The molecule has 68 valence electrons. The number of ether oxygens (including phenoxy) is 1. The summed E-state index contributed by atoms with van der Waals surface area (Å²) in [5, 5.41) is 0. The molecule has 0 saturated heterocycles. The Labute approximate surface area is 79.4 Å². The Morgan fingerprint density at radius 2 is 2.15 bits per heavy atom. The van der Waals surface area contributed by atoms with Crippen LogP contribution in [0.4, 0.5) is 0 Å². The topological polar surface area (TPSA) is 9.23 Å². The summed E-state index contributed by atoms with van der Waals surface area (Å²) in [4.78, 5) is 0. The van der Waals surface area contributed by atoms with E-state index in [4.69, 9.17) is 4.74 Å². The molecule has 0 radical (unpaired) electrons. The van der Waals surface area contributed by atoms with Gasteiger partial charge in [-0.05, 0) is 13.0 Å². The summed E-state index contributed by atoms with van der Waals surface area (Å²) >= 11 is 0. The highest BCUT2D eigenvalue weighted by Crippen LogP contribution is 2.19. The summed E-state index contributed by atoms with van der Waals surface area (Å²) in [5.41, 5.74) is 1.10. The van der Waals surface area contributed by atoms with Crippen LogP contribution in [0.1, 0.15) is 12.5 Å². The van der Waals surface area contributed by atoms with Crippen LogP contribution in [0.2, 0.25) is 0 Å². The molecule has 0 fully saturated rings. The molecule has 1 aromatic carbocycles. The minimum absolute atomic E-state index is 0.550. The lowest BCUT2D eigenvalue weighted by molar-refractivity contribution is 0.362. The third kappa shape index (κ3) is 2.79. The van der Waals surface area contributed by atoms with Crippen molar-refractivity contribution in [1.29, 1.82) is 0 Å². The number of para-hydroxylation sites is 1. The highest BCUT2D eigenvalue weighted by Gasteiger charge is 1.96. The standard InChI is InChI=1S/C12H14O/c1-3-7-11-8-5-6-9-12(11)13-10-4-2/h3-9H,2,10H2,1H3. The molecule has 0 bridgehead atoms. The predicted molar refractivity (Wildman–Crippen MR) is 56.8 cm³/mol. The zero-order valence-corrected chi connectivity index (χ0v) is 7.86. The fourth-order valence-corrected chi connectivity index (χ4v) is 1.08. The van der Waals surface area contributed by atoms with E-state index in [0.29, 0.717) is 6.61 Å². The van der Waals surface area contributed by atoms with Crippen LogP contribution in [0.3, 0.4) is 0 Å². The fraction of sp³-hybridized carbons (Fsp3) is 0.167. The molecule has 0 amide bonds. The maximum atomic E-state index is 5.47. The molecule has 0 saturated carbocycles. The van der Waals surface area contributed by atoms with Crippen molar-refractivity contribution in [3.05, 3.63) is 48.6 Å². The van der Waals surface area contributed by atoms with E-state index in [1.165, 1.54) is 0 Å². The second-order valence-electron chi connectivity index (χ2n) is 2.64. The minimum Gasteiger partial charge on any atom is -0.489 e. The molecule has 1 heteroatoms. The van der Waals surface area contributed by atoms with E-state index in [0.717, 1.165) is 11.3 Å². The molecule has 0 unspecified atom stereocenters. The van der Waals surface area contributed by atoms with Crippen LogP contribution in [0.5, 0.6) is 5.75 Å². The van der Waals surface area contributed by atoms with E-state index >= 15 is 0 Å². The molecule has 1 nitrogen and oxygen atoms in total. The predicted octanol–water partition coefficient (Wildman–Crippen LogP) is 3.28. The molecule has 0 N–H and O–H groups in total. The van der Waals surface area contributed by atoms with Crippen LogP contribution in [0.25, 0.3) is 6.08 Å². The van der Waals surface area contributed by atoms with Crippen molar-refractivity contribution in [2.24, 2.45) is 0 Å². The number of rotatable bonds is 4. The lowest BCUT2D eigenvalue weighted by Crippen LogP contribution is -1.94. The first-order chi connectivity index (χ1) is 6.38. The van der Waals surface area contributed by atoms with Gasteiger partial charge in [-0.3, -0.25) is 0 Å². The highest BCUT2D eigenvalue weighted by atomic mass is 16.5. The van der Waals surface area contributed by atoms with Crippen molar-refractivity contribution in [2.75, 3.05) is 6.61 Å². The summed E-state index contributed by atoms with van der Waals surface area (Å²) in [7, 11) is 0. The van der Waals surface area contributed by atoms with Crippen molar-refractivity contribution in [3.63, 3.8) is 0 Å². The molecule has 13 heavy (non-hydrogen) atoms. The van der Waals surface area contributed by atoms with Gasteiger partial charge in [0, 0.05) is 5.56 Å². The Morgan fingerprint density at radius 3 is 2.85 bits per heavy atom. The summed E-state index contributed by atoms with van der Waals surface area (Å²) < 4.78 is 5.47. The summed E-state index contributed by atoms with van der Waals surface area (Å²) in [6.45, 7) is 6.15. The Kier molecular flexibility index (Phi) is 3.83. The molecule has 1 rings (SSSR count). The van der Waals surface area contributed by atoms with Gasteiger partial charge in [0.25, 0.3) is 0 Å². The molecule has 0 heterocycles. The molecule has 0 aliphatic heterocycles. The van der Waals surface area contributed by atoms with Gasteiger partial charge in [0.15, 0.2) is 0 Å². The molecule has 1 aromatic rings. The lowest BCUT2D eigenvalue weighted by atomic mass is 10.2.